The smallest absolute Gasteiger partial charge is 0.237 e. The highest BCUT2D eigenvalue weighted by Crippen LogP contribution is 2.41. The minimum atomic E-state index is 0.205. The fourth-order valence-electron chi connectivity index (χ4n) is 4.75. The largest absolute Gasteiger partial charge is 0.368 e. The number of hydrogen-bond donors (Lipinski definition) is 1. The number of hydrogen-bond acceptors (Lipinski definition) is 5. The highest BCUT2D eigenvalue weighted by molar-refractivity contribution is 7.11. The molecule has 7 heteroatoms. The van der Waals surface area contributed by atoms with Crippen molar-refractivity contribution in [3.05, 3.63) is 51.2 Å². The number of nitrogens with one attached hydrogen (secondary N) is 1. The molecule has 0 bridgehead atoms. The Kier molecular flexibility index (Phi) is 5.74. The Labute approximate surface area is 203 Å². The number of aromatic nitrogens is 2. The summed E-state index contributed by atoms with van der Waals surface area (Å²) in [6.07, 6.45) is 3.46. The first kappa shape index (κ1) is 21.6. The third-order valence-corrected chi connectivity index (χ3v) is 7.71. The zero-order chi connectivity index (χ0) is 23.1. The molecule has 2 aromatic heterocycles. The van der Waals surface area contributed by atoms with Crippen LogP contribution in [0.25, 0.3) is 22.5 Å². The number of likely N-dealkylation sites (N-methyl/N-ethyl adjacent to an activating group) is 1. The molecular weight excluding hydrogens is 444 g/mol. The van der Waals surface area contributed by atoms with Crippen LogP contribution in [-0.2, 0) is 22.5 Å². The average Bonchev–Trinajstić information content (AvgIpc) is 3.21. The van der Waals surface area contributed by atoms with Crippen molar-refractivity contribution < 1.29 is 9.53 Å². The lowest BCUT2D eigenvalue weighted by Gasteiger charge is -2.32. The molecule has 1 saturated carbocycles. The Morgan fingerprint density at radius 1 is 1.26 bits per heavy atom. The summed E-state index contributed by atoms with van der Waals surface area (Å²) in [4.78, 5) is 17.4. The molecule has 3 aliphatic rings. The van der Waals surface area contributed by atoms with Gasteiger partial charge in [0.25, 0.3) is 0 Å². The maximum absolute atomic E-state index is 12.4. The van der Waals surface area contributed by atoms with Gasteiger partial charge < -0.3 is 9.64 Å². The van der Waals surface area contributed by atoms with Gasteiger partial charge >= 0.3 is 0 Å². The van der Waals surface area contributed by atoms with Crippen LogP contribution in [0.5, 0.6) is 0 Å². The highest BCUT2D eigenvalue weighted by Gasteiger charge is 2.27. The predicted octanol–water partition coefficient (Wildman–Crippen LogP) is 3.76. The van der Waals surface area contributed by atoms with Gasteiger partial charge in [-0.25, -0.2) is 0 Å². The van der Waals surface area contributed by atoms with E-state index in [1.807, 2.05) is 11.9 Å². The van der Waals surface area contributed by atoms with Crippen LogP contribution >= 0.6 is 11.3 Å². The van der Waals surface area contributed by atoms with E-state index in [0.29, 0.717) is 19.7 Å². The van der Waals surface area contributed by atoms with E-state index in [2.05, 4.69) is 56.6 Å². The average molecular weight is 473 g/mol. The van der Waals surface area contributed by atoms with Gasteiger partial charge in [-0.05, 0) is 43.0 Å². The molecule has 0 radical (unpaired) electrons. The fraction of sp³-hybridized carbons (Fsp3) is 0.407. The molecule has 1 saturated heterocycles. The third kappa shape index (κ3) is 4.41. The summed E-state index contributed by atoms with van der Waals surface area (Å²) in [7, 11) is 2.00. The zero-order valence-corrected chi connectivity index (χ0v) is 20.2. The van der Waals surface area contributed by atoms with E-state index in [0.717, 1.165) is 53.9 Å². The van der Waals surface area contributed by atoms with E-state index in [1.165, 1.54) is 35.1 Å². The lowest BCUT2D eigenvalue weighted by molar-refractivity contribution is -0.136. The lowest BCUT2D eigenvalue weighted by atomic mass is 10.0. The molecule has 174 valence electrons. The summed E-state index contributed by atoms with van der Waals surface area (Å²) < 4.78 is 5.61. The molecule has 1 amide bonds. The normalized spacial score (nSPS) is 17.4. The van der Waals surface area contributed by atoms with Gasteiger partial charge in [-0.15, -0.1) is 11.3 Å². The lowest BCUT2D eigenvalue weighted by Crippen LogP contribution is -2.48. The molecule has 3 aromatic rings. The van der Waals surface area contributed by atoms with Crippen molar-refractivity contribution in [2.45, 2.75) is 25.8 Å². The van der Waals surface area contributed by atoms with Crippen molar-refractivity contribution in [1.82, 2.24) is 20.0 Å². The zero-order valence-electron chi connectivity index (χ0n) is 19.4. The summed E-state index contributed by atoms with van der Waals surface area (Å²) in [5.74, 6) is 7.34. The molecule has 0 unspecified atom stereocenters. The quantitative estimate of drug-likeness (QED) is 0.343. The standard InChI is InChI=1S/C27H28N4O2S/c1-30-8-9-31(25(32)15-30)14-19-6-7-23-20(11-19)13-24-26(28-29-27(23)24)21-12-22(34-17-21)3-2-10-33-16-18-4-5-18/h6-7,11-12,17-18H,4-5,8-10,13-16H2,1H3,(H,28,29). The number of piperazine rings is 1. The second kappa shape index (κ2) is 9.03. The van der Waals surface area contributed by atoms with Gasteiger partial charge in [0.2, 0.25) is 5.91 Å². The van der Waals surface area contributed by atoms with E-state index >= 15 is 0 Å². The number of amides is 1. The van der Waals surface area contributed by atoms with Gasteiger partial charge in [-0.2, -0.15) is 5.10 Å². The van der Waals surface area contributed by atoms with Crippen LogP contribution in [0, 0.1) is 17.8 Å². The van der Waals surface area contributed by atoms with Gasteiger partial charge in [0.15, 0.2) is 0 Å². The number of H-pyrrole nitrogens is 1. The molecule has 2 fully saturated rings. The van der Waals surface area contributed by atoms with E-state index in [4.69, 9.17) is 4.74 Å². The van der Waals surface area contributed by atoms with Crippen LogP contribution in [0.4, 0.5) is 0 Å². The third-order valence-electron chi connectivity index (χ3n) is 6.87. The number of aromatic amines is 1. The first-order chi connectivity index (χ1) is 16.6. The second-order valence-corrected chi connectivity index (χ2v) is 10.5. The summed E-state index contributed by atoms with van der Waals surface area (Å²) >= 11 is 1.65. The Bertz CT molecular complexity index is 1290. The maximum atomic E-state index is 12.4. The van der Waals surface area contributed by atoms with Crippen molar-refractivity contribution in [3.63, 3.8) is 0 Å². The molecule has 1 N–H and O–H groups in total. The van der Waals surface area contributed by atoms with Crippen LogP contribution in [0.2, 0.25) is 0 Å². The van der Waals surface area contributed by atoms with E-state index in [-0.39, 0.29) is 5.91 Å². The van der Waals surface area contributed by atoms with Crippen molar-refractivity contribution >= 4 is 17.2 Å². The summed E-state index contributed by atoms with van der Waals surface area (Å²) in [5, 5.41) is 10.0. The number of fused-ring (bicyclic) bond motifs is 3. The Morgan fingerprint density at radius 3 is 3.03 bits per heavy atom. The molecule has 3 heterocycles. The van der Waals surface area contributed by atoms with Gasteiger partial charge in [0.1, 0.15) is 6.61 Å². The van der Waals surface area contributed by atoms with Crippen molar-refractivity contribution in [2.75, 3.05) is 39.9 Å². The van der Waals surface area contributed by atoms with Gasteiger partial charge in [-0.1, -0.05) is 30.0 Å². The first-order valence-corrected chi connectivity index (χ1v) is 12.8. The number of ether oxygens (including phenoxy) is 1. The number of rotatable bonds is 6. The SMILES string of the molecule is CN1CCN(Cc2ccc3c(c2)Cc2c(-c4csc(C#CCOCC5CC5)c4)n[nH]c2-3)C(=O)C1. The highest BCUT2D eigenvalue weighted by atomic mass is 32.1. The minimum Gasteiger partial charge on any atom is -0.368 e. The van der Waals surface area contributed by atoms with Crippen LogP contribution in [0.1, 0.15) is 34.4 Å². The summed E-state index contributed by atoms with van der Waals surface area (Å²) in [6.45, 7) is 4.24. The second-order valence-electron chi connectivity index (χ2n) is 9.61. The molecule has 1 aromatic carbocycles. The Hall–Kier alpha value is -2.92. The molecular formula is C27H28N4O2S. The molecule has 34 heavy (non-hydrogen) atoms. The van der Waals surface area contributed by atoms with Crippen LogP contribution < -0.4 is 0 Å². The fourth-order valence-corrected chi connectivity index (χ4v) is 5.51. The number of nitrogens with zero attached hydrogens (tertiary/aromatic N) is 3. The van der Waals surface area contributed by atoms with Crippen molar-refractivity contribution in [3.8, 4) is 34.4 Å². The van der Waals surface area contributed by atoms with Gasteiger partial charge in [0, 0.05) is 48.1 Å². The summed E-state index contributed by atoms with van der Waals surface area (Å²) in [5.41, 5.74) is 8.18. The topological polar surface area (TPSA) is 61.5 Å². The Morgan fingerprint density at radius 2 is 2.18 bits per heavy atom. The number of thiophene rings is 1. The number of benzene rings is 1. The molecule has 6 rings (SSSR count). The van der Waals surface area contributed by atoms with Crippen molar-refractivity contribution in [1.29, 1.82) is 0 Å². The molecule has 2 aliphatic carbocycles. The van der Waals surface area contributed by atoms with E-state index in [9.17, 15) is 4.79 Å². The predicted molar refractivity (Wildman–Crippen MR) is 133 cm³/mol. The first-order valence-electron chi connectivity index (χ1n) is 12.0. The van der Waals surface area contributed by atoms with Crippen LogP contribution in [0.15, 0.2) is 29.6 Å². The maximum Gasteiger partial charge on any atom is 0.237 e. The number of carbonyl (C=O) groups is 1. The molecule has 6 nitrogen and oxygen atoms in total. The van der Waals surface area contributed by atoms with Gasteiger partial charge in [0.05, 0.1) is 29.4 Å². The number of carbonyl (C=O) groups excluding carboxylic acids is 1. The van der Waals surface area contributed by atoms with Crippen LogP contribution in [-0.4, -0.2) is 65.8 Å². The van der Waals surface area contributed by atoms with Crippen LogP contribution in [0.3, 0.4) is 0 Å². The molecule has 0 spiro atoms. The monoisotopic (exact) mass is 472 g/mol. The van der Waals surface area contributed by atoms with E-state index < -0.39 is 0 Å². The van der Waals surface area contributed by atoms with E-state index in [1.54, 1.807) is 11.3 Å². The molecule has 0 atom stereocenters. The van der Waals surface area contributed by atoms with Gasteiger partial charge in [-0.3, -0.25) is 14.8 Å². The minimum absolute atomic E-state index is 0.205. The Balaban J connectivity index is 1.14. The summed E-state index contributed by atoms with van der Waals surface area (Å²) in [6, 6.07) is 8.70. The molecule has 1 aliphatic heterocycles. The van der Waals surface area contributed by atoms with Crippen molar-refractivity contribution in [2.24, 2.45) is 5.92 Å².